The molecule has 3 aromatic rings. The molecule has 0 spiro atoms. The molecule has 132 valence electrons. The average molecular weight is 367 g/mol. The summed E-state index contributed by atoms with van der Waals surface area (Å²) in [5, 5.41) is 14.5. The standard InChI is InChI=1S/C19H17N3O3S/c1-13(19-21-16-4-2-3-5-17(16)26-19)12-20-18(23)11-8-14-6-9-15(10-7-14)22(24)25/h2-11,13H,12H2,1H3,(H,20,23)/b11-8+. The molecule has 1 unspecified atom stereocenters. The van der Waals surface area contributed by atoms with Gasteiger partial charge in [-0.1, -0.05) is 19.1 Å². The monoisotopic (exact) mass is 367 g/mol. The molecule has 1 heterocycles. The molecule has 0 bridgehead atoms. The van der Waals surface area contributed by atoms with E-state index in [9.17, 15) is 14.9 Å². The molecular formula is C19H17N3O3S. The van der Waals surface area contributed by atoms with Gasteiger partial charge in [0.1, 0.15) is 0 Å². The van der Waals surface area contributed by atoms with Gasteiger partial charge < -0.3 is 5.32 Å². The molecular weight excluding hydrogens is 350 g/mol. The van der Waals surface area contributed by atoms with E-state index in [0.29, 0.717) is 6.54 Å². The van der Waals surface area contributed by atoms with Crippen LogP contribution in [0.4, 0.5) is 5.69 Å². The van der Waals surface area contributed by atoms with Gasteiger partial charge in [0.15, 0.2) is 0 Å². The number of amides is 1. The number of nitrogens with one attached hydrogen (secondary N) is 1. The van der Waals surface area contributed by atoms with E-state index in [0.717, 1.165) is 20.8 Å². The first-order valence-corrected chi connectivity index (χ1v) is 8.90. The SMILES string of the molecule is CC(CNC(=O)/C=C/c1ccc([N+](=O)[O-])cc1)c1nc2ccccc2s1. The van der Waals surface area contributed by atoms with Gasteiger partial charge >= 0.3 is 0 Å². The summed E-state index contributed by atoms with van der Waals surface area (Å²) in [5.74, 6) is -0.0968. The van der Waals surface area contributed by atoms with Gasteiger partial charge in [-0.05, 0) is 35.9 Å². The lowest BCUT2D eigenvalue weighted by atomic mass is 10.2. The maximum atomic E-state index is 12.0. The highest BCUT2D eigenvalue weighted by Gasteiger charge is 2.12. The summed E-state index contributed by atoms with van der Waals surface area (Å²) in [6.45, 7) is 2.52. The topological polar surface area (TPSA) is 85.1 Å². The van der Waals surface area contributed by atoms with Gasteiger partial charge in [-0.15, -0.1) is 11.3 Å². The second-order valence-corrected chi connectivity index (χ2v) is 6.91. The number of para-hydroxylation sites is 1. The van der Waals surface area contributed by atoms with E-state index in [4.69, 9.17) is 0 Å². The molecule has 0 aliphatic carbocycles. The van der Waals surface area contributed by atoms with E-state index in [-0.39, 0.29) is 17.5 Å². The summed E-state index contributed by atoms with van der Waals surface area (Å²) < 4.78 is 1.14. The molecule has 1 amide bonds. The van der Waals surface area contributed by atoms with Gasteiger partial charge in [0.25, 0.3) is 5.69 Å². The van der Waals surface area contributed by atoms with Crippen LogP contribution < -0.4 is 5.32 Å². The zero-order valence-corrected chi connectivity index (χ0v) is 14.9. The first-order chi connectivity index (χ1) is 12.5. The van der Waals surface area contributed by atoms with Crippen molar-refractivity contribution < 1.29 is 9.72 Å². The van der Waals surface area contributed by atoms with Crippen LogP contribution in [0.25, 0.3) is 16.3 Å². The molecule has 26 heavy (non-hydrogen) atoms. The Hall–Kier alpha value is -3.06. The fourth-order valence-electron chi connectivity index (χ4n) is 2.38. The number of non-ortho nitro benzene ring substituents is 1. The van der Waals surface area contributed by atoms with E-state index in [2.05, 4.69) is 10.3 Å². The molecule has 3 rings (SSSR count). The second-order valence-electron chi connectivity index (χ2n) is 5.85. The highest BCUT2D eigenvalue weighted by atomic mass is 32.1. The maximum absolute atomic E-state index is 12.0. The molecule has 1 aromatic heterocycles. The van der Waals surface area contributed by atoms with Crippen molar-refractivity contribution in [1.29, 1.82) is 0 Å². The third-order valence-corrected chi connectivity index (χ3v) is 5.11. The molecule has 2 aromatic carbocycles. The van der Waals surface area contributed by atoms with Crippen LogP contribution in [0.3, 0.4) is 0 Å². The van der Waals surface area contributed by atoms with Crippen molar-refractivity contribution >= 4 is 39.2 Å². The Morgan fingerprint density at radius 1 is 1.27 bits per heavy atom. The number of hydrogen-bond acceptors (Lipinski definition) is 5. The highest BCUT2D eigenvalue weighted by Crippen LogP contribution is 2.26. The molecule has 1 atom stereocenters. The Kier molecular flexibility index (Phi) is 5.38. The van der Waals surface area contributed by atoms with Gasteiger partial charge in [0.05, 0.1) is 20.1 Å². The summed E-state index contributed by atoms with van der Waals surface area (Å²) in [6.07, 6.45) is 3.05. The van der Waals surface area contributed by atoms with Gasteiger partial charge in [0.2, 0.25) is 5.91 Å². The molecule has 0 aliphatic heterocycles. The number of nitrogens with zero attached hydrogens (tertiary/aromatic N) is 2. The van der Waals surface area contributed by atoms with Crippen molar-refractivity contribution in [1.82, 2.24) is 10.3 Å². The zero-order chi connectivity index (χ0) is 18.5. The van der Waals surface area contributed by atoms with Crippen LogP contribution >= 0.6 is 11.3 Å². The predicted octanol–water partition coefficient (Wildman–Crippen LogP) is 4.14. The van der Waals surface area contributed by atoms with Crippen molar-refractivity contribution in [2.45, 2.75) is 12.8 Å². The van der Waals surface area contributed by atoms with Gasteiger partial charge in [0, 0.05) is 30.7 Å². The third-order valence-electron chi connectivity index (χ3n) is 3.85. The molecule has 0 radical (unpaired) electrons. The van der Waals surface area contributed by atoms with Crippen LogP contribution in [-0.2, 0) is 4.79 Å². The smallest absolute Gasteiger partial charge is 0.269 e. The molecule has 0 fully saturated rings. The number of aromatic nitrogens is 1. The van der Waals surface area contributed by atoms with Crippen LogP contribution in [-0.4, -0.2) is 22.4 Å². The zero-order valence-electron chi connectivity index (χ0n) is 14.1. The van der Waals surface area contributed by atoms with E-state index < -0.39 is 4.92 Å². The minimum absolute atomic E-state index is 0.0243. The van der Waals surface area contributed by atoms with Gasteiger partial charge in [-0.2, -0.15) is 0 Å². The summed E-state index contributed by atoms with van der Waals surface area (Å²) in [7, 11) is 0. The first-order valence-electron chi connectivity index (χ1n) is 8.09. The number of carbonyl (C=O) groups excluding carboxylic acids is 1. The quantitative estimate of drug-likeness (QED) is 0.403. The minimum atomic E-state index is -0.455. The summed E-state index contributed by atoms with van der Waals surface area (Å²) >= 11 is 1.64. The highest BCUT2D eigenvalue weighted by molar-refractivity contribution is 7.18. The number of benzene rings is 2. The van der Waals surface area contributed by atoms with Crippen molar-refractivity contribution in [3.05, 3.63) is 75.3 Å². The minimum Gasteiger partial charge on any atom is -0.352 e. The molecule has 0 saturated heterocycles. The largest absolute Gasteiger partial charge is 0.352 e. The van der Waals surface area contributed by atoms with E-state index in [1.54, 1.807) is 29.5 Å². The van der Waals surface area contributed by atoms with E-state index in [1.165, 1.54) is 18.2 Å². The average Bonchev–Trinajstić information content (AvgIpc) is 3.09. The van der Waals surface area contributed by atoms with Crippen molar-refractivity contribution in [3.63, 3.8) is 0 Å². The second kappa shape index (κ2) is 7.88. The Morgan fingerprint density at radius 3 is 2.69 bits per heavy atom. The van der Waals surface area contributed by atoms with Crippen LogP contribution in [0.2, 0.25) is 0 Å². The summed E-state index contributed by atoms with van der Waals surface area (Å²) in [6, 6.07) is 14.0. The van der Waals surface area contributed by atoms with Gasteiger partial charge in [-0.25, -0.2) is 4.98 Å². The summed E-state index contributed by atoms with van der Waals surface area (Å²) in [4.78, 5) is 26.7. The van der Waals surface area contributed by atoms with Crippen molar-refractivity contribution in [3.8, 4) is 0 Å². The number of rotatable bonds is 6. The predicted molar refractivity (Wildman–Crippen MR) is 103 cm³/mol. The molecule has 0 saturated carbocycles. The van der Waals surface area contributed by atoms with Crippen molar-refractivity contribution in [2.75, 3.05) is 6.54 Å². The molecule has 0 aliphatic rings. The van der Waals surface area contributed by atoms with Crippen LogP contribution in [0.1, 0.15) is 23.4 Å². The van der Waals surface area contributed by atoms with Crippen molar-refractivity contribution in [2.24, 2.45) is 0 Å². The van der Waals surface area contributed by atoms with Crippen LogP contribution in [0, 0.1) is 10.1 Å². The fraction of sp³-hybridized carbons (Fsp3) is 0.158. The number of thiazole rings is 1. The molecule has 7 heteroatoms. The lowest BCUT2D eigenvalue weighted by molar-refractivity contribution is -0.384. The lowest BCUT2D eigenvalue weighted by Gasteiger charge is -2.08. The fourth-order valence-corrected chi connectivity index (χ4v) is 3.40. The first kappa shape index (κ1) is 17.8. The van der Waals surface area contributed by atoms with E-state index in [1.807, 2.05) is 31.2 Å². The van der Waals surface area contributed by atoms with Crippen LogP contribution in [0.15, 0.2) is 54.6 Å². The van der Waals surface area contributed by atoms with Crippen LogP contribution in [0.5, 0.6) is 0 Å². The molecule has 1 N–H and O–H groups in total. The number of fused-ring (bicyclic) bond motifs is 1. The number of hydrogen-bond donors (Lipinski definition) is 1. The Morgan fingerprint density at radius 2 is 2.00 bits per heavy atom. The number of carbonyl (C=O) groups is 1. The van der Waals surface area contributed by atoms with E-state index >= 15 is 0 Å². The Bertz CT molecular complexity index is 931. The Labute approximate surface area is 154 Å². The Balaban J connectivity index is 1.55. The summed E-state index contributed by atoms with van der Waals surface area (Å²) in [5.41, 5.74) is 1.73. The van der Waals surface area contributed by atoms with Gasteiger partial charge in [-0.3, -0.25) is 14.9 Å². The molecule has 6 nitrogen and oxygen atoms in total. The maximum Gasteiger partial charge on any atom is 0.269 e. The third kappa shape index (κ3) is 4.31. The number of nitro groups is 1. The number of nitro benzene ring substituents is 1. The lowest BCUT2D eigenvalue weighted by Crippen LogP contribution is -2.25. The normalized spacial score (nSPS) is 12.3.